The fourth-order valence-electron chi connectivity index (χ4n) is 1.82. The SMILES string of the molecule is Cc1cccc(C(CN)Sc2ccccc2F)c1. The molecule has 3 heteroatoms. The molecule has 2 rings (SSSR count). The lowest BCUT2D eigenvalue weighted by Crippen LogP contribution is -2.09. The topological polar surface area (TPSA) is 26.0 Å². The summed E-state index contributed by atoms with van der Waals surface area (Å²) in [7, 11) is 0. The lowest BCUT2D eigenvalue weighted by atomic mass is 10.1. The van der Waals surface area contributed by atoms with Gasteiger partial charge in [0.05, 0.1) is 0 Å². The maximum atomic E-state index is 13.6. The van der Waals surface area contributed by atoms with E-state index in [1.165, 1.54) is 23.4 Å². The Labute approximate surface area is 111 Å². The zero-order chi connectivity index (χ0) is 13.0. The van der Waals surface area contributed by atoms with Crippen LogP contribution in [0.3, 0.4) is 0 Å². The second kappa shape index (κ2) is 6.03. The van der Waals surface area contributed by atoms with E-state index in [1.807, 2.05) is 31.2 Å². The summed E-state index contributed by atoms with van der Waals surface area (Å²) in [5.74, 6) is -0.186. The van der Waals surface area contributed by atoms with Gasteiger partial charge < -0.3 is 5.73 Å². The number of aryl methyl sites for hydroxylation is 1. The number of hydrogen-bond acceptors (Lipinski definition) is 2. The summed E-state index contributed by atoms with van der Waals surface area (Å²) >= 11 is 1.48. The van der Waals surface area contributed by atoms with E-state index in [-0.39, 0.29) is 11.1 Å². The van der Waals surface area contributed by atoms with Gasteiger partial charge in [0.25, 0.3) is 0 Å². The Morgan fingerprint density at radius 2 is 1.94 bits per heavy atom. The minimum Gasteiger partial charge on any atom is -0.329 e. The van der Waals surface area contributed by atoms with Crippen molar-refractivity contribution in [3.05, 3.63) is 65.5 Å². The van der Waals surface area contributed by atoms with E-state index in [2.05, 4.69) is 6.07 Å². The summed E-state index contributed by atoms with van der Waals surface area (Å²) < 4.78 is 13.6. The molecule has 0 radical (unpaired) electrons. The Morgan fingerprint density at radius 3 is 2.61 bits per heavy atom. The molecule has 0 aliphatic rings. The molecule has 2 aromatic rings. The fraction of sp³-hybridized carbons (Fsp3) is 0.200. The van der Waals surface area contributed by atoms with Gasteiger partial charge in [-0.25, -0.2) is 4.39 Å². The molecule has 0 aliphatic carbocycles. The van der Waals surface area contributed by atoms with Crippen LogP contribution in [-0.2, 0) is 0 Å². The van der Waals surface area contributed by atoms with E-state index < -0.39 is 0 Å². The summed E-state index contributed by atoms with van der Waals surface area (Å²) in [6, 6.07) is 15.0. The highest BCUT2D eigenvalue weighted by Crippen LogP contribution is 2.35. The molecule has 0 bridgehead atoms. The Hall–Kier alpha value is -1.32. The first kappa shape index (κ1) is 13.1. The lowest BCUT2D eigenvalue weighted by molar-refractivity contribution is 0.601. The van der Waals surface area contributed by atoms with Gasteiger partial charge in [0.15, 0.2) is 0 Å². The van der Waals surface area contributed by atoms with Crippen LogP contribution in [0, 0.1) is 12.7 Å². The molecule has 0 fully saturated rings. The second-order valence-corrected chi connectivity index (χ2v) is 5.43. The van der Waals surface area contributed by atoms with Crippen molar-refractivity contribution < 1.29 is 4.39 Å². The number of nitrogens with two attached hydrogens (primary N) is 1. The van der Waals surface area contributed by atoms with E-state index in [1.54, 1.807) is 12.1 Å². The molecule has 94 valence electrons. The smallest absolute Gasteiger partial charge is 0.136 e. The van der Waals surface area contributed by atoms with E-state index in [9.17, 15) is 4.39 Å². The van der Waals surface area contributed by atoms with Crippen LogP contribution in [0.5, 0.6) is 0 Å². The number of rotatable bonds is 4. The van der Waals surface area contributed by atoms with Crippen LogP contribution in [0.2, 0.25) is 0 Å². The first-order valence-electron chi connectivity index (χ1n) is 5.88. The molecule has 0 spiro atoms. The number of thioether (sulfide) groups is 1. The Bertz CT molecular complexity index is 527. The normalized spacial score (nSPS) is 12.4. The van der Waals surface area contributed by atoms with Gasteiger partial charge in [-0.15, -0.1) is 11.8 Å². The van der Waals surface area contributed by atoms with Crippen LogP contribution >= 0.6 is 11.8 Å². The molecule has 0 heterocycles. The van der Waals surface area contributed by atoms with E-state index in [4.69, 9.17) is 5.73 Å². The van der Waals surface area contributed by atoms with E-state index >= 15 is 0 Å². The summed E-state index contributed by atoms with van der Waals surface area (Å²) in [5, 5.41) is 0.0850. The molecule has 1 atom stereocenters. The third kappa shape index (κ3) is 3.12. The van der Waals surface area contributed by atoms with Gasteiger partial charge in [0.2, 0.25) is 0 Å². The summed E-state index contributed by atoms with van der Waals surface area (Å²) in [5.41, 5.74) is 8.15. The van der Waals surface area contributed by atoms with Crippen LogP contribution < -0.4 is 5.73 Å². The molecule has 1 unspecified atom stereocenters. The Balaban J connectivity index is 2.23. The van der Waals surface area contributed by atoms with Crippen LogP contribution in [0.15, 0.2) is 53.4 Å². The molecule has 0 aromatic heterocycles. The van der Waals surface area contributed by atoms with Crippen molar-refractivity contribution in [2.45, 2.75) is 17.1 Å². The molecule has 0 aliphatic heterocycles. The zero-order valence-corrected chi connectivity index (χ0v) is 11.1. The third-order valence-corrected chi connectivity index (χ3v) is 4.07. The van der Waals surface area contributed by atoms with E-state index in [0.29, 0.717) is 11.4 Å². The average molecular weight is 261 g/mol. The molecule has 18 heavy (non-hydrogen) atoms. The van der Waals surface area contributed by atoms with E-state index in [0.717, 1.165) is 5.56 Å². The molecular formula is C15H16FNS. The minimum atomic E-state index is -0.186. The maximum absolute atomic E-state index is 13.6. The van der Waals surface area contributed by atoms with Crippen LogP contribution in [0.25, 0.3) is 0 Å². The largest absolute Gasteiger partial charge is 0.329 e. The lowest BCUT2D eigenvalue weighted by Gasteiger charge is -2.15. The van der Waals surface area contributed by atoms with Crippen molar-refractivity contribution in [1.82, 2.24) is 0 Å². The van der Waals surface area contributed by atoms with Crippen molar-refractivity contribution in [3.8, 4) is 0 Å². The van der Waals surface area contributed by atoms with Crippen molar-refractivity contribution in [2.24, 2.45) is 5.73 Å². The quantitative estimate of drug-likeness (QED) is 0.844. The molecule has 0 saturated heterocycles. The molecule has 2 N–H and O–H groups in total. The molecule has 0 amide bonds. The Kier molecular flexibility index (Phi) is 4.39. The first-order chi connectivity index (χ1) is 8.70. The van der Waals surface area contributed by atoms with Crippen molar-refractivity contribution >= 4 is 11.8 Å². The fourth-order valence-corrected chi connectivity index (χ4v) is 2.84. The van der Waals surface area contributed by atoms with Crippen molar-refractivity contribution in [3.63, 3.8) is 0 Å². The van der Waals surface area contributed by atoms with Gasteiger partial charge >= 0.3 is 0 Å². The van der Waals surface area contributed by atoms with Crippen molar-refractivity contribution in [1.29, 1.82) is 0 Å². The predicted molar refractivity (Wildman–Crippen MR) is 75.2 cm³/mol. The van der Waals surface area contributed by atoms with Crippen molar-refractivity contribution in [2.75, 3.05) is 6.54 Å². The number of halogens is 1. The predicted octanol–water partition coefficient (Wildman–Crippen LogP) is 3.93. The highest BCUT2D eigenvalue weighted by Gasteiger charge is 2.13. The van der Waals surface area contributed by atoms with Gasteiger partial charge in [-0.1, -0.05) is 42.0 Å². The van der Waals surface area contributed by atoms with Crippen LogP contribution in [-0.4, -0.2) is 6.54 Å². The van der Waals surface area contributed by atoms with Gasteiger partial charge in [-0.05, 0) is 24.6 Å². The van der Waals surface area contributed by atoms with Gasteiger partial charge in [0, 0.05) is 16.7 Å². The summed E-state index contributed by atoms with van der Waals surface area (Å²) in [4.78, 5) is 0.648. The Morgan fingerprint density at radius 1 is 1.17 bits per heavy atom. The average Bonchev–Trinajstić information content (AvgIpc) is 2.38. The second-order valence-electron chi connectivity index (χ2n) is 4.19. The summed E-state index contributed by atoms with van der Waals surface area (Å²) in [6.45, 7) is 2.54. The molecule has 0 saturated carbocycles. The third-order valence-electron chi connectivity index (χ3n) is 2.73. The maximum Gasteiger partial charge on any atom is 0.136 e. The van der Waals surface area contributed by atoms with Gasteiger partial charge in [-0.2, -0.15) is 0 Å². The number of benzene rings is 2. The highest BCUT2D eigenvalue weighted by atomic mass is 32.2. The summed E-state index contributed by atoms with van der Waals surface area (Å²) in [6.07, 6.45) is 0. The monoisotopic (exact) mass is 261 g/mol. The molecular weight excluding hydrogens is 245 g/mol. The highest BCUT2D eigenvalue weighted by molar-refractivity contribution is 7.99. The molecule has 2 aromatic carbocycles. The van der Waals surface area contributed by atoms with Crippen LogP contribution in [0.1, 0.15) is 16.4 Å². The minimum absolute atomic E-state index is 0.0850. The first-order valence-corrected chi connectivity index (χ1v) is 6.76. The van der Waals surface area contributed by atoms with Crippen LogP contribution in [0.4, 0.5) is 4.39 Å². The van der Waals surface area contributed by atoms with Gasteiger partial charge in [-0.3, -0.25) is 0 Å². The van der Waals surface area contributed by atoms with Gasteiger partial charge in [0.1, 0.15) is 5.82 Å². The standard InChI is InChI=1S/C15H16FNS/c1-11-5-4-6-12(9-11)15(10-17)18-14-8-3-2-7-13(14)16/h2-9,15H,10,17H2,1H3. The zero-order valence-electron chi connectivity index (χ0n) is 10.3. The number of hydrogen-bond donors (Lipinski definition) is 1. The molecule has 1 nitrogen and oxygen atoms in total.